The number of nitrogens with one attached hydrogen (secondary N) is 1. The molecule has 1 N–H and O–H groups in total. The van der Waals surface area contributed by atoms with Crippen molar-refractivity contribution in [2.45, 2.75) is 29.8 Å². The molecule has 0 radical (unpaired) electrons. The minimum Gasteiger partial charge on any atom is -0.351 e. The van der Waals surface area contributed by atoms with E-state index in [1.165, 1.54) is 11.8 Å². The van der Waals surface area contributed by atoms with E-state index < -0.39 is 9.84 Å². The smallest absolute Gasteiger partial charge is 0.233 e. The van der Waals surface area contributed by atoms with E-state index in [4.69, 9.17) is 0 Å². The topological polar surface area (TPSA) is 81.1 Å². The Morgan fingerprint density at radius 1 is 1.36 bits per heavy atom. The number of hydrogen-bond acceptors (Lipinski definition) is 5. The SMILES string of the molecule is CC(Sc1ncc(-c2ccccc2)n1C)C(=O)NC1CCS(=O)(=O)C1. The molecular formula is C17H21N3O3S2. The molecule has 0 bridgehead atoms. The lowest BCUT2D eigenvalue weighted by Gasteiger charge is -2.15. The van der Waals surface area contributed by atoms with Crippen LogP contribution in [0.5, 0.6) is 0 Å². The second kappa shape index (κ2) is 7.21. The third-order valence-corrected chi connectivity index (χ3v) is 7.17. The van der Waals surface area contributed by atoms with E-state index in [0.717, 1.165) is 16.4 Å². The molecule has 8 heteroatoms. The molecule has 0 spiro atoms. The summed E-state index contributed by atoms with van der Waals surface area (Å²) in [4.78, 5) is 16.8. The Kier molecular flexibility index (Phi) is 5.19. The van der Waals surface area contributed by atoms with E-state index in [0.29, 0.717) is 6.42 Å². The maximum Gasteiger partial charge on any atom is 0.233 e. The van der Waals surface area contributed by atoms with E-state index in [1.54, 1.807) is 13.1 Å². The molecular weight excluding hydrogens is 358 g/mol. The van der Waals surface area contributed by atoms with Crippen LogP contribution in [-0.4, -0.2) is 46.7 Å². The van der Waals surface area contributed by atoms with Gasteiger partial charge in [-0.05, 0) is 18.9 Å². The standard InChI is InChI=1S/C17H21N3O3S2/c1-12(16(21)19-14-8-9-25(22,23)11-14)24-17-18-10-15(20(17)2)13-6-4-3-5-7-13/h3-7,10,12,14H,8-9,11H2,1-2H3,(H,19,21). The largest absolute Gasteiger partial charge is 0.351 e. The molecule has 1 aromatic carbocycles. The lowest BCUT2D eigenvalue weighted by molar-refractivity contribution is -0.120. The maximum atomic E-state index is 12.3. The Morgan fingerprint density at radius 2 is 2.08 bits per heavy atom. The van der Waals surface area contributed by atoms with Crippen LogP contribution in [0.25, 0.3) is 11.3 Å². The average Bonchev–Trinajstić information content (AvgIpc) is 3.11. The molecule has 1 aliphatic heterocycles. The van der Waals surface area contributed by atoms with Gasteiger partial charge in [0.05, 0.1) is 28.6 Å². The van der Waals surface area contributed by atoms with Crippen molar-refractivity contribution in [3.05, 3.63) is 36.5 Å². The zero-order valence-corrected chi connectivity index (χ0v) is 15.8. The zero-order chi connectivity index (χ0) is 18.0. The van der Waals surface area contributed by atoms with Crippen molar-refractivity contribution < 1.29 is 13.2 Å². The van der Waals surface area contributed by atoms with Gasteiger partial charge in [0.1, 0.15) is 0 Å². The van der Waals surface area contributed by atoms with Crippen LogP contribution < -0.4 is 5.32 Å². The number of hydrogen-bond donors (Lipinski definition) is 1. The molecule has 1 fully saturated rings. The van der Waals surface area contributed by atoms with Crippen LogP contribution in [0.3, 0.4) is 0 Å². The molecule has 1 aliphatic rings. The number of carbonyl (C=O) groups excluding carboxylic acids is 1. The fourth-order valence-corrected chi connectivity index (χ4v) is 5.35. The van der Waals surface area contributed by atoms with Crippen molar-refractivity contribution >= 4 is 27.5 Å². The van der Waals surface area contributed by atoms with Crippen molar-refractivity contribution in [1.82, 2.24) is 14.9 Å². The summed E-state index contributed by atoms with van der Waals surface area (Å²) >= 11 is 1.37. The van der Waals surface area contributed by atoms with Crippen LogP contribution in [0.2, 0.25) is 0 Å². The molecule has 134 valence electrons. The number of thioether (sulfide) groups is 1. The normalized spacial score (nSPS) is 20.3. The monoisotopic (exact) mass is 379 g/mol. The van der Waals surface area contributed by atoms with Crippen LogP contribution in [-0.2, 0) is 21.7 Å². The summed E-state index contributed by atoms with van der Waals surface area (Å²) in [5, 5.41) is 3.23. The van der Waals surface area contributed by atoms with Crippen molar-refractivity contribution in [2.75, 3.05) is 11.5 Å². The number of nitrogens with zero attached hydrogens (tertiary/aromatic N) is 2. The van der Waals surface area contributed by atoms with Gasteiger partial charge >= 0.3 is 0 Å². The number of aromatic nitrogens is 2. The molecule has 0 aliphatic carbocycles. The number of benzene rings is 1. The molecule has 2 heterocycles. The van der Waals surface area contributed by atoms with Crippen LogP contribution in [0.4, 0.5) is 0 Å². The highest BCUT2D eigenvalue weighted by atomic mass is 32.2. The fraction of sp³-hybridized carbons (Fsp3) is 0.412. The van der Waals surface area contributed by atoms with Crippen LogP contribution >= 0.6 is 11.8 Å². The van der Waals surface area contributed by atoms with Gasteiger partial charge < -0.3 is 9.88 Å². The Labute approximate surface area is 152 Å². The van der Waals surface area contributed by atoms with E-state index >= 15 is 0 Å². The van der Waals surface area contributed by atoms with Crippen LogP contribution in [0, 0.1) is 0 Å². The van der Waals surface area contributed by atoms with Gasteiger partial charge in [-0.2, -0.15) is 0 Å². The third kappa shape index (κ3) is 4.24. The molecule has 1 amide bonds. The average molecular weight is 380 g/mol. The fourth-order valence-electron chi connectivity index (χ4n) is 2.82. The first kappa shape index (κ1) is 18.0. The number of sulfone groups is 1. The van der Waals surface area contributed by atoms with Crippen LogP contribution in [0.1, 0.15) is 13.3 Å². The summed E-state index contributed by atoms with van der Waals surface area (Å²) in [5.41, 5.74) is 2.05. The van der Waals surface area contributed by atoms with E-state index in [2.05, 4.69) is 10.3 Å². The van der Waals surface area contributed by atoms with Gasteiger partial charge in [0.2, 0.25) is 5.91 Å². The first-order chi connectivity index (χ1) is 11.9. The van der Waals surface area contributed by atoms with Crippen molar-refractivity contribution in [3.63, 3.8) is 0 Å². The van der Waals surface area contributed by atoms with Gasteiger partial charge in [0, 0.05) is 13.1 Å². The Bertz CT molecular complexity index is 863. The van der Waals surface area contributed by atoms with E-state index in [-0.39, 0.29) is 28.7 Å². The van der Waals surface area contributed by atoms with Gasteiger partial charge in [-0.15, -0.1) is 0 Å². The number of imidazole rings is 1. The number of rotatable bonds is 5. The maximum absolute atomic E-state index is 12.3. The lowest BCUT2D eigenvalue weighted by Crippen LogP contribution is -2.40. The second-order valence-electron chi connectivity index (χ2n) is 6.22. The highest BCUT2D eigenvalue weighted by molar-refractivity contribution is 8.00. The highest BCUT2D eigenvalue weighted by Gasteiger charge is 2.30. The predicted molar refractivity (Wildman–Crippen MR) is 99.2 cm³/mol. The zero-order valence-electron chi connectivity index (χ0n) is 14.2. The van der Waals surface area contributed by atoms with Gasteiger partial charge in [-0.1, -0.05) is 42.1 Å². The third-order valence-electron chi connectivity index (χ3n) is 4.25. The Balaban J connectivity index is 1.64. The quantitative estimate of drug-likeness (QED) is 0.802. The molecule has 2 atom stereocenters. The van der Waals surface area contributed by atoms with E-state index in [9.17, 15) is 13.2 Å². The Hall–Kier alpha value is -1.80. The van der Waals surface area contributed by atoms with E-state index in [1.807, 2.05) is 41.9 Å². The summed E-state index contributed by atoms with van der Waals surface area (Å²) in [5.74, 6) is 0.0343. The molecule has 6 nitrogen and oxygen atoms in total. The summed E-state index contributed by atoms with van der Waals surface area (Å²) in [6, 6.07) is 9.67. The molecule has 3 rings (SSSR count). The van der Waals surface area contributed by atoms with Crippen molar-refractivity contribution in [2.24, 2.45) is 7.05 Å². The molecule has 2 unspecified atom stereocenters. The predicted octanol–water partition coefficient (Wildman–Crippen LogP) is 1.87. The van der Waals surface area contributed by atoms with Crippen LogP contribution in [0.15, 0.2) is 41.7 Å². The summed E-state index contributed by atoms with van der Waals surface area (Å²) in [6.07, 6.45) is 2.29. The minimum atomic E-state index is -3.00. The minimum absolute atomic E-state index is 0.0384. The highest BCUT2D eigenvalue weighted by Crippen LogP contribution is 2.27. The first-order valence-electron chi connectivity index (χ1n) is 8.10. The van der Waals surface area contributed by atoms with Crippen molar-refractivity contribution in [1.29, 1.82) is 0 Å². The Morgan fingerprint density at radius 3 is 2.72 bits per heavy atom. The van der Waals surface area contributed by atoms with Gasteiger partial charge in [-0.3, -0.25) is 4.79 Å². The molecule has 2 aromatic rings. The lowest BCUT2D eigenvalue weighted by atomic mass is 10.2. The summed E-state index contributed by atoms with van der Waals surface area (Å²) in [6.45, 7) is 1.81. The number of amides is 1. The molecule has 1 saturated heterocycles. The van der Waals surface area contributed by atoms with Gasteiger partial charge in [0.25, 0.3) is 0 Å². The molecule has 25 heavy (non-hydrogen) atoms. The van der Waals surface area contributed by atoms with Gasteiger partial charge in [-0.25, -0.2) is 13.4 Å². The number of carbonyl (C=O) groups is 1. The van der Waals surface area contributed by atoms with Crippen molar-refractivity contribution in [3.8, 4) is 11.3 Å². The summed E-state index contributed by atoms with van der Waals surface area (Å²) < 4.78 is 25.0. The second-order valence-corrected chi connectivity index (χ2v) is 9.76. The molecule has 0 saturated carbocycles. The summed E-state index contributed by atoms with van der Waals surface area (Å²) in [7, 11) is -1.08. The first-order valence-corrected chi connectivity index (χ1v) is 10.8. The molecule has 1 aromatic heterocycles. The van der Waals surface area contributed by atoms with Gasteiger partial charge in [0.15, 0.2) is 15.0 Å².